The molecule has 0 radical (unpaired) electrons. The molecule has 6 heteroatoms. The maximum atomic E-state index is 13.7. The Bertz CT molecular complexity index is 510. The van der Waals surface area contributed by atoms with Crippen molar-refractivity contribution in [3.63, 3.8) is 0 Å². The second-order valence-corrected chi connectivity index (χ2v) is 5.13. The first kappa shape index (κ1) is 15.7. The molecule has 1 aromatic rings. The van der Waals surface area contributed by atoms with Crippen molar-refractivity contribution in [3.8, 4) is 5.75 Å². The van der Waals surface area contributed by atoms with Gasteiger partial charge in [-0.1, -0.05) is 6.07 Å². The number of amides is 1. The molecule has 1 amide bonds. The molecule has 1 aliphatic rings. The van der Waals surface area contributed by atoms with Crippen molar-refractivity contribution in [1.29, 1.82) is 0 Å². The van der Waals surface area contributed by atoms with Crippen LogP contribution < -0.4 is 15.4 Å². The standard InChI is InChI=1S/C15H21FN2O3/c1-9(11-4-5-13(20-3)12(16)8-11)18-15(19)14-10(2)21-7-6-17-14/h4-5,8-10,14,17H,6-7H2,1-3H3,(H,18,19)/t9?,10-,14+/m1/s1. The number of morpholine rings is 1. The zero-order chi connectivity index (χ0) is 15.4. The van der Waals surface area contributed by atoms with E-state index < -0.39 is 5.82 Å². The second-order valence-electron chi connectivity index (χ2n) is 5.13. The Hall–Kier alpha value is -1.66. The predicted octanol–water partition coefficient (Wildman–Crippen LogP) is 1.39. The van der Waals surface area contributed by atoms with Crippen LogP contribution in [0.3, 0.4) is 0 Å². The van der Waals surface area contributed by atoms with Crippen LogP contribution in [-0.4, -0.2) is 38.3 Å². The average molecular weight is 296 g/mol. The van der Waals surface area contributed by atoms with Gasteiger partial charge < -0.3 is 20.1 Å². The van der Waals surface area contributed by atoms with Gasteiger partial charge in [0.05, 0.1) is 25.9 Å². The first-order chi connectivity index (χ1) is 10.0. The van der Waals surface area contributed by atoms with Crippen LogP contribution in [0.2, 0.25) is 0 Å². The molecule has 1 heterocycles. The minimum Gasteiger partial charge on any atom is -0.494 e. The van der Waals surface area contributed by atoms with E-state index in [4.69, 9.17) is 9.47 Å². The highest BCUT2D eigenvalue weighted by atomic mass is 19.1. The quantitative estimate of drug-likeness (QED) is 0.881. The number of methoxy groups -OCH3 is 1. The van der Waals surface area contributed by atoms with Gasteiger partial charge in [0.2, 0.25) is 5.91 Å². The minimum absolute atomic E-state index is 0.147. The highest BCUT2D eigenvalue weighted by Crippen LogP contribution is 2.21. The monoisotopic (exact) mass is 296 g/mol. The Morgan fingerprint density at radius 3 is 2.95 bits per heavy atom. The van der Waals surface area contributed by atoms with E-state index in [1.807, 2.05) is 13.8 Å². The topological polar surface area (TPSA) is 59.6 Å². The van der Waals surface area contributed by atoms with Gasteiger partial charge in [-0.2, -0.15) is 0 Å². The summed E-state index contributed by atoms with van der Waals surface area (Å²) in [6, 6.07) is 3.98. The summed E-state index contributed by atoms with van der Waals surface area (Å²) in [4.78, 5) is 12.2. The molecule has 0 bridgehead atoms. The molecule has 0 aromatic heterocycles. The van der Waals surface area contributed by atoms with Crippen molar-refractivity contribution in [3.05, 3.63) is 29.6 Å². The van der Waals surface area contributed by atoms with Crippen molar-refractivity contribution < 1.29 is 18.7 Å². The number of carbonyl (C=O) groups excluding carboxylic acids is 1. The van der Waals surface area contributed by atoms with Crippen LogP contribution in [0.5, 0.6) is 5.75 Å². The van der Waals surface area contributed by atoms with E-state index in [1.54, 1.807) is 12.1 Å². The molecular formula is C15H21FN2O3. The number of nitrogens with one attached hydrogen (secondary N) is 2. The first-order valence-electron chi connectivity index (χ1n) is 7.01. The zero-order valence-electron chi connectivity index (χ0n) is 12.5. The summed E-state index contributed by atoms with van der Waals surface area (Å²) < 4.78 is 24.0. The van der Waals surface area contributed by atoms with Gasteiger partial charge in [-0.15, -0.1) is 0 Å². The minimum atomic E-state index is -0.441. The van der Waals surface area contributed by atoms with Crippen LogP contribution in [0, 0.1) is 5.82 Å². The van der Waals surface area contributed by atoms with Crippen LogP contribution >= 0.6 is 0 Å². The molecule has 1 saturated heterocycles. The van der Waals surface area contributed by atoms with Crippen molar-refractivity contribution in [2.75, 3.05) is 20.3 Å². The van der Waals surface area contributed by atoms with Crippen molar-refractivity contribution in [2.24, 2.45) is 0 Å². The molecule has 0 saturated carbocycles. The fourth-order valence-electron chi connectivity index (χ4n) is 2.37. The Morgan fingerprint density at radius 1 is 1.57 bits per heavy atom. The molecule has 3 atom stereocenters. The predicted molar refractivity (Wildman–Crippen MR) is 76.7 cm³/mol. The van der Waals surface area contributed by atoms with Gasteiger partial charge in [-0.3, -0.25) is 4.79 Å². The lowest BCUT2D eigenvalue weighted by Crippen LogP contribution is -2.55. The lowest BCUT2D eigenvalue weighted by atomic mass is 10.1. The molecule has 116 valence electrons. The maximum absolute atomic E-state index is 13.7. The molecule has 0 spiro atoms. The van der Waals surface area contributed by atoms with E-state index in [0.717, 1.165) is 0 Å². The third-order valence-electron chi connectivity index (χ3n) is 3.63. The fourth-order valence-corrected chi connectivity index (χ4v) is 2.37. The molecule has 1 aliphatic heterocycles. The number of benzene rings is 1. The van der Waals surface area contributed by atoms with Gasteiger partial charge in [0, 0.05) is 6.54 Å². The number of rotatable bonds is 4. The summed E-state index contributed by atoms with van der Waals surface area (Å²) in [6.45, 7) is 4.92. The van der Waals surface area contributed by atoms with E-state index in [-0.39, 0.29) is 29.8 Å². The molecule has 21 heavy (non-hydrogen) atoms. The highest BCUT2D eigenvalue weighted by molar-refractivity contribution is 5.82. The molecule has 1 aromatic carbocycles. The SMILES string of the molecule is COc1ccc(C(C)NC(=O)[C@H]2NCCO[C@@H]2C)cc1F. The molecule has 0 aliphatic carbocycles. The largest absolute Gasteiger partial charge is 0.494 e. The second kappa shape index (κ2) is 6.87. The summed E-state index contributed by atoms with van der Waals surface area (Å²) in [5.41, 5.74) is 0.686. The van der Waals surface area contributed by atoms with Gasteiger partial charge in [0.1, 0.15) is 6.04 Å². The lowest BCUT2D eigenvalue weighted by Gasteiger charge is -2.30. The molecule has 1 fully saturated rings. The van der Waals surface area contributed by atoms with Crippen LogP contribution in [0.1, 0.15) is 25.5 Å². The van der Waals surface area contributed by atoms with E-state index in [0.29, 0.717) is 18.7 Å². The number of hydrogen-bond donors (Lipinski definition) is 2. The van der Waals surface area contributed by atoms with Crippen molar-refractivity contribution in [1.82, 2.24) is 10.6 Å². The van der Waals surface area contributed by atoms with Crippen LogP contribution in [0.15, 0.2) is 18.2 Å². The Labute approximate surface area is 123 Å². The van der Waals surface area contributed by atoms with Crippen LogP contribution in [0.25, 0.3) is 0 Å². The first-order valence-corrected chi connectivity index (χ1v) is 7.01. The van der Waals surface area contributed by atoms with Gasteiger partial charge in [-0.05, 0) is 31.5 Å². The Morgan fingerprint density at radius 2 is 2.33 bits per heavy atom. The summed E-state index contributed by atoms with van der Waals surface area (Å²) >= 11 is 0. The third kappa shape index (κ3) is 3.71. The van der Waals surface area contributed by atoms with Crippen LogP contribution in [0.4, 0.5) is 4.39 Å². The van der Waals surface area contributed by atoms with Gasteiger partial charge in [0.25, 0.3) is 0 Å². The summed E-state index contributed by atoms with van der Waals surface area (Å²) in [5.74, 6) is -0.400. The summed E-state index contributed by atoms with van der Waals surface area (Å²) in [5, 5.41) is 6.00. The number of hydrogen-bond acceptors (Lipinski definition) is 4. The van der Waals surface area contributed by atoms with Gasteiger partial charge in [-0.25, -0.2) is 4.39 Å². The Balaban J connectivity index is 2.01. The number of halogens is 1. The van der Waals surface area contributed by atoms with Crippen molar-refractivity contribution >= 4 is 5.91 Å². The van der Waals surface area contributed by atoms with E-state index in [1.165, 1.54) is 13.2 Å². The van der Waals surface area contributed by atoms with E-state index in [9.17, 15) is 9.18 Å². The fraction of sp³-hybridized carbons (Fsp3) is 0.533. The van der Waals surface area contributed by atoms with Gasteiger partial charge >= 0.3 is 0 Å². The number of ether oxygens (including phenoxy) is 2. The normalized spacial score (nSPS) is 23.4. The third-order valence-corrected chi connectivity index (χ3v) is 3.63. The summed E-state index contributed by atoms with van der Waals surface area (Å²) in [6.07, 6.45) is -0.182. The summed E-state index contributed by atoms with van der Waals surface area (Å²) in [7, 11) is 1.42. The molecule has 2 rings (SSSR count). The molecular weight excluding hydrogens is 275 g/mol. The van der Waals surface area contributed by atoms with E-state index >= 15 is 0 Å². The number of carbonyl (C=O) groups is 1. The molecule has 1 unspecified atom stereocenters. The lowest BCUT2D eigenvalue weighted by molar-refractivity contribution is -0.129. The molecule has 2 N–H and O–H groups in total. The van der Waals surface area contributed by atoms with Crippen molar-refractivity contribution in [2.45, 2.75) is 32.0 Å². The highest BCUT2D eigenvalue weighted by Gasteiger charge is 2.29. The van der Waals surface area contributed by atoms with Gasteiger partial charge in [0.15, 0.2) is 11.6 Å². The van der Waals surface area contributed by atoms with E-state index in [2.05, 4.69) is 10.6 Å². The zero-order valence-corrected chi connectivity index (χ0v) is 12.5. The maximum Gasteiger partial charge on any atom is 0.240 e. The van der Waals surface area contributed by atoms with Crippen LogP contribution in [-0.2, 0) is 9.53 Å². The Kier molecular flexibility index (Phi) is 5.14. The average Bonchev–Trinajstić information content (AvgIpc) is 2.47. The smallest absolute Gasteiger partial charge is 0.240 e. The molecule has 5 nitrogen and oxygen atoms in total.